The molecule has 0 aromatic heterocycles. The van der Waals surface area contributed by atoms with Crippen LogP contribution in [0.4, 0.5) is 10.1 Å². The molecule has 7 nitrogen and oxygen atoms in total. The summed E-state index contributed by atoms with van der Waals surface area (Å²) in [5.41, 5.74) is 2.15. The maximum absolute atomic E-state index is 13.0. The van der Waals surface area contributed by atoms with Gasteiger partial charge in [-0.3, -0.25) is 9.79 Å². The third-order valence-corrected chi connectivity index (χ3v) is 4.73. The van der Waals surface area contributed by atoms with E-state index in [9.17, 15) is 9.18 Å². The van der Waals surface area contributed by atoms with Gasteiger partial charge in [-0.25, -0.2) is 4.39 Å². The lowest BCUT2D eigenvalue weighted by atomic mass is 10.2. The molecular formula is C22H29FIN5O2. The third kappa shape index (κ3) is 7.89. The van der Waals surface area contributed by atoms with E-state index < -0.39 is 0 Å². The summed E-state index contributed by atoms with van der Waals surface area (Å²) in [6.45, 7) is 4.99. The van der Waals surface area contributed by atoms with Gasteiger partial charge < -0.3 is 25.6 Å². The molecule has 0 bridgehead atoms. The highest BCUT2D eigenvalue weighted by molar-refractivity contribution is 14.0. The smallest absolute Gasteiger partial charge is 0.239 e. The fraction of sp³-hybridized carbons (Fsp3) is 0.364. The molecule has 1 saturated heterocycles. The van der Waals surface area contributed by atoms with E-state index >= 15 is 0 Å². The first-order chi connectivity index (χ1) is 14.5. The molecule has 2 aromatic carbocycles. The van der Waals surface area contributed by atoms with Gasteiger partial charge in [0.25, 0.3) is 0 Å². The fourth-order valence-electron chi connectivity index (χ4n) is 3.12. The third-order valence-electron chi connectivity index (χ3n) is 4.73. The van der Waals surface area contributed by atoms with Gasteiger partial charge in [-0.05, 0) is 48.9 Å². The molecule has 0 saturated carbocycles. The summed E-state index contributed by atoms with van der Waals surface area (Å²) < 4.78 is 18.7. The summed E-state index contributed by atoms with van der Waals surface area (Å²) >= 11 is 0. The number of guanidine groups is 1. The second-order valence-corrected chi connectivity index (χ2v) is 7.13. The second kappa shape index (κ2) is 12.3. The van der Waals surface area contributed by atoms with Crippen molar-refractivity contribution in [1.29, 1.82) is 0 Å². The van der Waals surface area contributed by atoms with Crippen LogP contribution >= 0.6 is 24.0 Å². The first-order valence-electron chi connectivity index (χ1n) is 10.0. The van der Waals surface area contributed by atoms with Gasteiger partial charge in [-0.1, -0.05) is 12.1 Å². The normalized spacial score (nSPS) is 14.9. The van der Waals surface area contributed by atoms with E-state index in [-0.39, 0.29) is 41.8 Å². The van der Waals surface area contributed by atoms with E-state index in [2.05, 4.69) is 25.8 Å². The zero-order chi connectivity index (χ0) is 21.3. The Kier molecular flexibility index (Phi) is 9.83. The van der Waals surface area contributed by atoms with Gasteiger partial charge in [-0.2, -0.15) is 0 Å². The van der Waals surface area contributed by atoms with E-state index in [0.29, 0.717) is 37.9 Å². The van der Waals surface area contributed by atoms with Crippen LogP contribution < -0.4 is 25.6 Å². The highest BCUT2D eigenvalue weighted by Crippen LogP contribution is 2.16. The molecule has 0 spiro atoms. The summed E-state index contributed by atoms with van der Waals surface area (Å²) in [5, 5.41) is 9.33. The number of benzene rings is 2. The number of halogens is 2. The first-order valence-corrected chi connectivity index (χ1v) is 10.0. The molecule has 2 aromatic rings. The van der Waals surface area contributed by atoms with Crippen LogP contribution in [0, 0.1) is 5.82 Å². The fourth-order valence-corrected chi connectivity index (χ4v) is 3.12. The zero-order valence-corrected chi connectivity index (χ0v) is 20.1. The van der Waals surface area contributed by atoms with Gasteiger partial charge in [-0.15, -0.1) is 24.0 Å². The highest BCUT2D eigenvalue weighted by atomic mass is 127. The molecule has 31 heavy (non-hydrogen) atoms. The SMILES string of the molecule is CN=C(NCc1ccc(N2CCNC(=O)C2)cc1)NCC(C)Oc1ccc(F)cc1.I. The molecule has 1 amide bonds. The highest BCUT2D eigenvalue weighted by Gasteiger charge is 2.16. The largest absolute Gasteiger partial charge is 0.489 e. The standard InChI is InChI=1S/C22H28FN5O2.HI/c1-16(30-20-9-5-18(23)6-10-20)13-26-22(24-2)27-14-17-3-7-19(8-4-17)28-12-11-25-21(29)15-28;/h3-10,16H,11-15H2,1-2H3,(H,25,29)(H2,24,26,27);1H. The Morgan fingerprint density at radius 3 is 2.55 bits per heavy atom. The van der Waals surface area contributed by atoms with Gasteiger partial charge in [0.2, 0.25) is 5.91 Å². The van der Waals surface area contributed by atoms with Crippen LogP contribution in [0.15, 0.2) is 53.5 Å². The molecular weight excluding hydrogens is 512 g/mol. The maximum Gasteiger partial charge on any atom is 0.239 e. The summed E-state index contributed by atoms with van der Waals surface area (Å²) in [4.78, 5) is 17.8. The van der Waals surface area contributed by atoms with Crippen LogP contribution in [0.3, 0.4) is 0 Å². The van der Waals surface area contributed by atoms with Crippen LogP contribution in [-0.2, 0) is 11.3 Å². The van der Waals surface area contributed by atoms with E-state index in [0.717, 1.165) is 17.8 Å². The number of aliphatic imine (C=N–C) groups is 1. The van der Waals surface area contributed by atoms with Gasteiger partial charge in [0.05, 0.1) is 13.1 Å². The molecule has 3 rings (SSSR count). The Bertz CT molecular complexity index is 861. The second-order valence-electron chi connectivity index (χ2n) is 7.13. The van der Waals surface area contributed by atoms with Crippen LogP contribution in [0.1, 0.15) is 12.5 Å². The molecule has 1 fully saturated rings. The van der Waals surface area contributed by atoms with E-state index in [4.69, 9.17) is 4.74 Å². The molecule has 1 heterocycles. The average Bonchev–Trinajstić information content (AvgIpc) is 2.76. The molecule has 3 N–H and O–H groups in total. The molecule has 1 atom stereocenters. The Balaban J connectivity index is 0.00000341. The number of amides is 1. The van der Waals surface area contributed by atoms with Crippen molar-refractivity contribution in [2.24, 2.45) is 4.99 Å². The van der Waals surface area contributed by atoms with Crippen molar-refractivity contribution in [3.05, 3.63) is 59.9 Å². The summed E-state index contributed by atoms with van der Waals surface area (Å²) in [7, 11) is 1.71. The average molecular weight is 541 g/mol. The van der Waals surface area contributed by atoms with Crippen LogP contribution in [0.2, 0.25) is 0 Å². The van der Waals surface area contributed by atoms with Crippen molar-refractivity contribution in [1.82, 2.24) is 16.0 Å². The number of carbonyl (C=O) groups excluding carboxylic acids is 1. The predicted octanol–water partition coefficient (Wildman–Crippen LogP) is 2.51. The number of hydrogen-bond donors (Lipinski definition) is 3. The summed E-state index contributed by atoms with van der Waals surface area (Å²) in [6, 6.07) is 14.1. The van der Waals surface area contributed by atoms with Crippen molar-refractivity contribution >= 4 is 41.5 Å². The van der Waals surface area contributed by atoms with Crippen LogP contribution in [-0.4, -0.2) is 51.2 Å². The first kappa shape index (κ1) is 24.7. The number of carbonyl (C=O) groups is 1. The molecule has 168 valence electrons. The van der Waals surface area contributed by atoms with Gasteiger partial charge in [0.15, 0.2) is 5.96 Å². The molecule has 1 aliphatic heterocycles. The minimum atomic E-state index is -0.285. The molecule has 1 unspecified atom stereocenters. The van der Waals surface area contributed by atoms with E-state index in [1.807, 2.05) is 31.2 Å². The van der Waals surface area contributed by atoms with Crippen molar-refractivity contribution in [3.63, 3.8) is 0 Å². The molecule has 1 aliphatic rings. The van der Waals surface area contributed by atoms with Crippen LogP contribution in [0.5, 0.6) is 5.75 Å². The number of nitrogens with zero attached hydrogens (tertiary/aromatic N) is 2. The Morgan fingerprint density at radius 1 is 1.19 bits per heavy atom. The van der Waals surface area contributed by atoms with Crippen molar-refractivity contribution in [2.45, 2.75) is 19.6 Å². The quantitative estimate of drug-likeness (QED) is 0.286. The summed E-state index contributed by atoms with van der Waals surface area (Å²) in [6.07, 6.45) is -0.116. The number of anilines is 1. The van der Waals surface area contributed by atoms with Gasteiger partial charge in [0, 0.05) is 32.4 Å². The van der Waals surface area contributed by atoms with E-state index in [1.54, 1.807) is 19.2 Å². The number of piperazine rings is 1. The Morgan fingerprint density at radius 2 is 1.90 bits per heavy atom. The lowest BCUT2D eigenvalue weighted by Gasteiger charge is -2.28. The van der Waals surface area contributed by atoms with Crippen molar-refractivity contribution in [2.75, 3.05) is 38.1 Å². The summed E-state index contributed by atoms with van der Waals surface area (Å²) in [5.74, 6) is 1.06. The zero-order valence-electron chi connectivity index (χ0n) is 17.7. The molecule has 0 aliphatic carbocycles. The number of hydrogen-bond acceptors (Lipinski definition) is 4. The van der Waals surface area contributed by atoms with Crippen LogP contribution in [0.25, 0.3) is 0 Å². The van der Waals surface area contributed by atoms with Gasteiger partial charge >= 0.3 is 0 Å². The van der Waals surface area contributed by atoms with Crippen molar-refractivity contribution in [3.8, 4) is 5.75 Å². The number of nitrogens with one attached hydrogen (secondary N) is 3. The minimum absolute atomic E-state index is 0. The minimum Gasteiger partial charge on any atom is -0.489 e. The number of ether oxygens (including phenoxy) is 1. The lowest BCUT2D eigenvalue weighted by Crippen LogP contribution is -2.47. The number of rotatable bonds is 7. The van der Waals surface area contributed by atoms with E-state index in [1.165, 1.54) is 12.1 Å². The maximum atomic E-state index is 13.0. The molecule has 9 heteroatoms. The Hall–Kier alpha value is -2.56. The lowest BCUT2D eigenvalue weighted by molar-refractivity contribution is -0.120. The van der Waals surface area contributed by atoms with Crippen molar-refractivity contribution < 1.29 is 13.9 Å². The monoisotopic (exact) mass is 541 g/mol. The van der Waals surface area contributed by atoms with Gasteiger partial charge in [0.1, 0.15) is 17.7 Å². The topological polar surface area (TPSA) is 78.0 Å². The predicted molar refractivity (Wildman–Crippen MR) is 132 cm³/mol. The Labute approximate surface area is 199 Å². The molecule has 0 radical (unpaired) electrons.